The van der Waals surface area contributed by atoms with Gasteiger partial charge < -0.3 is 14.8 Å². The molecule has 0 saturated carbocycles. The molecule has 1 heterocycles. The van der Waals surface area contributed by atoms with Crippen molar-refractivity contribution in [2.24, 2.45) is 0 Å². The summed E-state index contributed by atoms with van der Waals surface area (Å²) in [6.07, 6.45) is 1.07. The highest BCUT2D eigenvalue weighted by Crippen LogP contribution is 2.10. The van der Waals surface area contributed by atoms with E-state index in [0.29, 0.717) is 26.4 Å². The van der Waals surface area contributed by atoms with Gasteiger partial charge in [0.15, 0.2) is 0 Å². The number of ether oxygens (including phenoxy) is 2. The summed E-state index contributed by atoms with van der Waals surface area (Å²) in [5.74, 6) is -0.265. The molecule has 1 fully saturated rings. The molecule has 98 valence electrons. The van der Waals surface area contributed by atoms with Crippen molar-refractivity contribution in [3.63, 3.8) is 0 Å². The van der Waals surface area contributed by atoms with Crippen LogP contribution in [0.15, 0.2) is 0 Å². The molecule has 0 aromatic carbocycles. The number of carbonyl (C=O) groups is 2. The zero-order chi connectivity index (χ0) is 12.7. The normalized spacial score (nSPS) is 20.4. The van der Waals surface area contributed by atoms with Crippen LogP contribution >= 0.6 is 0 Å². The molecule has 6 nitrogen and oxygen atoms in total. The third kappa shape index (κ3) is 4.41. The fourth-order valence-corrected chi connectivity index (χ4v) is 1.61. The van der Waals surface area contributed by atoms with Crippen molar-refractivity contribution in [2.45, 2.75) is 18.9 Å². The molecule has 1 saturated heterocycles. The molecule has 17 heavy (non-hydrogen) atoms. The Morgan fingerprint density at radius 3 is 2.71 bits per heavy atom. The SMILES string of the molecule is COCCOCCCNC1CC(=O)N(C)C1=O. The van der Waals surface area contributed by atoms with Crippen LogP contribution in [0.1, 0.15) is 12.8 Å². The zero-order valence-corrected chi connectivity index (χ0v) is 10.4. The summed E-state index contributed by atoms with van der Waals surface area (Å²) in [5, 5.41) is 3.06. The Balaban J connectivity index is 2.04. The first kappa shape index (κ1) is 14.1. The van der Waals surface area contributed by atoms with Gasteiger partial charge in [0.25, 0.3) is 0 Å². The van der Waals surface area contributed by atoms with Crippen LogP contribution in [0.4, 0.5) is 0 Å². The van der Waals surface area contributed by atoms with Gasteiger partial charge >= 0.3 is 0 Å². The minimum atomic E-state index is -0.355. The largest absolute Gasteiger partial charge is 0.382 e. The van der Waals surface area contributed by atoms with Crippen LogP contribution in [0.2, 0.25) is 0 Å². The number of nitrogens with zero attached hydrogens (tertiary/aromatic N) is 1. The number of hydrogen-bond acceptors (Lipinski definition) is 5. The molecule has 0 aromatic heterocycles. The van der Waals surface area contributed by atoms with Gasteiger partial charge in [0.1, 0.15) is 0 Å². The fourth-order valence-electron chi connectivity index (χ4n) is 1.61. The molecular weight excluding hydrogens is 224 g/mol. The Labute approximate surface area is 101 Å². The second-order valence-electron chi connectivity index (χ2n) is 3.96. The molecule has 0 aliphatic carbocycles. The number of imide groups is 1. The summed E-state index contributed by atoms with van der Waals surface area (Å²) in [5.41, 5.74) is 0. The van der Waals surface area contributed by atoms with Crippen LogP contribution in [0.25, 0.3) is 0 Å². The maximum absolute atomic E-state index is 11.5. The van der Waals surface area contributed by atoms with Gasteiger partial charge in [-0.1, -0.05) is 0 Å². The van der Waals surface area contributed by atoms with Crippen molar-refractivity contribution in [1.82, 2.24) is 10.2 Å². The number of amides is 2. The van der Waals surface area contributed by atoms with Crippen molar-refractivity contribution in [3.05, 3.63) is 0 Å². The molecule has 6 heteroatoms. The molecule has 0 spiro atoms. The highest BCUT2D eigenvalue weighted by atomic mass is 16.5. The minimum Gasteiger partial charge on any atom is -0.382 e. The average Bonchev–Trinajstić information content (AvgIpc) is 2.56. The maximum Gasteiger partial charge on any atom is 0.246 e. The summed E-state index contributed by atoms with van der Waals surface area (Å²) in [7, 11) is 3.14. The van der Waals surface area contributed by atoms with Gasteiger partial charge in [-0.05, 0) is 13.0 Å². The summed E-state index contributed by atoms with van der Waals surface area (Å²) >= 11 is 0. The number of rotatable bonds is 8. The molecule has 0 aromatic rings. The highest BCUT2D eigenvalue weighted by molar-refractivity contribution is 6.05. The van der Waals surface area contributed by atoms with Crippen LogP contribution < -0.4 is 5.32 Å². The summed E-state index contributed by atoms with van der Waals surface area (Å²) in [6, 6.07) is -0.355. The van der Waals surface area contributed by atoms with Gasteiger partial charge in [0, 0.05) is 20.8 Å². The van der Waals surface area contributed by atoms with Gasteiger partial charge in [-0.25, -0.2) is 0 Å². The topological polar surface area (TPSA) is 67.9 Å². The van der Waals surface area contributed by atoms with Crippen molar-refractivity contribution in [3.8, 4) is 0 Å². The van der Waals surface area contributed by atoms with E-state index in [9.17, 15) is 9.59 Å². The maximum atomic E-state index is 11.5. The van der Waals surface area contributed by atoms with E-state index in [-0.39, 0.29) is 24.3 Å². The van der Waals surface area contributed by atoms with E-state index in [4.69, 9.17) is 9.47 Å². The van der Waals surface area contributed by atoms with E-state index in [1.54, 1.807) is 7.11 Å². The Kier molecular flexibility index (Phi) is 6.10. The van der Waals surface area contributed by atoms with Crippen molar-refractivity contribution < 1.29 is 19.1 Å². The lowest BCUT2D eigenvalue weighted by Crippen LogP contribution is -2.37. The van der Waals surface area contributed by atoms with E-state index < -0.39 is 0 Å². The molecule has 1 unspecified atom stereocenters. The number of likely N-dealkylation sites (tertiary alicyclic amines) is 1. The van der Waals surface area contributed by atoms with Crippen molar-refractivity contribution >= 4 is 11.8 Å². The molecule has 1 rings (SSSR count). The van der Waals surface area contributed by atoms with Gasteiger partial charge in [-0.2, -0.15) is 0 Å². The van der Waals surface area contributed by atoms with E-state index in [0.717, 1.165) is 6.42 Å². The van der Waals surface area contributed by atoms with Crippen LogP contribution in [0.5, 0.6) is 0 Å². The third-order valence-electron chi connectivity index (χ3n) is 2.67. The predicted molar refractivity (Wildman–Crippen MR) is 61.5 cm³/mol. The lowest BCUT2D eigenvalue weighted by atomic mass is 10.2. The van der Waals surface area contributed by atoms with Gasteiger partial charge in [0.05, 0.1) is 25.7 Å². The number of methoxy groups -OCH3 is 1. The number of nitrogens with one attached hydrogen (secondary N) is 1. The van der Waals surface area contributed by atoms with Gasteiger partial charge in [-0.3, -0.25) is 14.5 Å². The summed E-state index contributed by atoms with van der Waals surface area (Å²) in [4.78, 5) is 23.9. The molecule has 0 radical (unpaired) electrons. The minimum absolute atomic E-state index is 0.121. The van der Waals surface area contributed by atoms with E-state index in [2.05, 4.69) is 5.32 Å². The molecule has 1 N–H and O–H groups in total. The quantitative estimate of drug-likeness (QED) is 0.455. The smallest absolute Gasteiger partial charge is 0.246 e. The monoisotopic (exact) mass is 244 g/mol. The van der Waals surface area contributed by atoms with Crippen LogP contribution in [-0.2, 0) is 19.1 Å². The second kappa shape index (κ2) is 7.37. The lowest BCUT2D eigenvalue weighted by Gasteiger charge is -2.10. The molecular formula is C11H20N2O4. The van der Waals surface area contributed by atoms with Crippen molar-refractivity contribution in [1.29, 1.82) is 0 Å². The number of likely N-dealkylation sites (N-methyl/N-ethyl adjacent to an activating group) is 1. The Morgan fingerprint density at radius 1 is 1.35 bits per heavy atom. The third-order valence-corrected chi connectivity index (χ3v) is 2.67. The predicted octanol–water partition coefficient (Wildman–Crippen LogP) is -0.614. The summed E-state index contributed by atoms with van der Waals surface area (Å²) in [6.45, 7) is 2.47. The van der Waals surface area contributed by atoms with Crippen LogP contribution in [0.3, 0.4) is 0 Å². The van der Waals surface area contributed by atoms with Gasteiger partial charge in [-0.15, -0.1) is 0 Å². The highest BCUT2D eigenvalue weighted by Gasteiger charge is 2.35. The molecule has 0 bridgehead atoms. The van der Waals surface area contributed by atoms with E-state index in [1.807, 2.05) is 0 Å². The fraction of sp³-hybridized carbons (Fsp3) is 0.818. The van der Waals surface area contributed by atoms with Gasteiger partial charge in [0.2, 0.25) is 11.8 Å². The average molecular weight is 244 g/mol. The molecule has 1 atom stereocenters. The number of carbonyl (C=O) groups excluding carboxylic acids is 2. The van der Waals surface area contributed by atoms with Crippen LogP contribution in [-0.4, -0.2) is 63.3 Å². The Bertz CT molecular complexity index is 270. The summed E-state index contributed by atoms with van der Waals surface area (Å²) < 4.78 is 10.1. The Morgan fingerprint density at radius 2 is 2.12 bits per heavy atom. The van der Waals surface area contributed by atoms with Crippen molar-refractivity contribution in [2.75, 3.05) is 40.5 Å². The van der Waals surface area contributed by atoms with E-state index in [1.165, 1.54) is 11.9 Å². The Hall–Kier alpha value is -0.980. The number of hydrogen-bond donors (Lipinski definition) is 1. The van der Waals surface area contributed by atoms with Crippen LogP contribution in [0, 0.1) is 0 Å². The molecule has 1 aliphatic heterocycles. The first-order valence-electron chi connectivity index (χ1n) is 5.77. The van der Waals surface area contributed by atoms with E-state index >= 15 is 0 Å². The second-order valence-corrected chi connectivity index (χ2v) is 3.96. The lowest BCUT2D eigenvalue weighted by molar-refractivity contribution is -0.137. The standard InChI is InChI=1S/C11H20N2O4/c1-13-10(14)8-9(11(13)15)12-4-3-5-17-7-6-16-2/h9,12H,3-8H2,1-2H3. The molecule has 2 amide bonds. The molecule has 1 aliphatic rings. The first-order valence-corrected chi connectivity index (χ1v) is 5.77. The zero-order valence-electron chi connectivity index (χ0n) is 10.4. The first-order chi connectivity index (χ1) is 8.16.